The maximum absolute atomic E-state index is 11.7. The second-order valence-corrected chi connectivity index (χ2v) is 6.35. The fraction of sp³-hybridized carbons (Fsp3) is 0.800. The van der Waals surface area contributed by atoms with Crippen molar-refractivity contribution in [3.63, 3.8) is 0 Å². The van der Waals surface area contributed by atoms with Crippen LogP contribution < -0.4 is 0 Å². The Morgan fingerprint density at radius 2 is 1.82 bits per heavy atom. The van der Waals surface area contributed by atoms with Crippen LogP contribution in [0.5, 0.6) is 0 Å². The minimum absolute atomic E-state index is 0.132. The van der Waals surface area contributed by atoms with Crippen molar-refractivity contribution in [2.75, 3.05) is 0 Å². The molecule has 0 aromatic rings. The number of ether oxygens (including phenoxy) is 1. The Hall–Kier alpha value is -0.790. The first kappa shape index (κ1) is 11.3. The highest BCUT2D eigenvalue weighted by Gasteiger charge is 2.52. The summed E-state index contributed by atoms with van der Waals surface area (Å²) in [5, 5.41) is 0. The molecule has 3 fully saturated rings. The van der Waals surface area contributed by atoms with Crippen LogP contribution in [0.1, 0.15) is 39.5 Å². The maximum Gasteiger partial charge on any atom is 0.334 e. The van der Waals surface area contributed by atoms with Gasteiger partial charge in [0.15, 0.2) is 0 Å². The monoisotopic (exact) mass is 234 g/mol. The first-order valence-electron chi connectivity index (χ1n) is 6.99. The standard InChI is InChI=1S/C15H22O2/c1-8-4-7-12-10(3)15(16)17-14(12)13-9(2)5-6-11(8)13/h8-9,11-14H,3-7H2,1-2H3/t8-,9-,11+,12-,13-,14-/m0/s1. The summed E-state index contributed by atoms with van der Waals surface area (Å²) in [5.74, 6) is 3.00. The first-order chi connectivity index (χ1) is 8.09. The van der Waals surface area contributed by atoms with Gasteiger partial charge < -0.3 is 4.74 Å². The first-order valence-corrected chi connectivity index (χ1v) is 6.99. The topological polar surface area (TPSA) is 26.3 Å². The van der Waals surface area contributed by atoms with E-state index in [0.29, 0.717) is 17.8 Å². The van der Waals surface area contributed by atoms with E-state index < -0.39 is 0 Å². The average molecular weight is 234 g/mol. The molecule has 17 heavy (non-hydrogen) atoms. The van der Waals surface area contributed by atoms with E-state index in [9.17, 15) is 4.79 Å². The molecule has 2 heteroatoms. The van der Waals surface area contributed by atoms with Crippen LogP contribution in [0.4, 0.5) is 0 Å². The zero-order valence-electron chi connectivity index (χ0n) is 10.8. The molecule has 3 aliphatic rings. The molecule has 94 valence electrons. The molecule has 1 aliphatic heterocycles. The normalized spacial score (nSPS) is 49.5. The van der Waals surface area contributed by atoms with Crippen LogP contribution in [0, 0.1) is 29.6 Å². The van der Waals surface area contributed by atoms with Gasteiger partial charge in [0, 0.05) is 17.4 Å². The van der Waals surface area contributed by atoms with Crippen molar-refractivity contribution in [1.82, 2.24) is 0 Å². The summed E-state index contributed by atoms with van der Waals surface area (Å²) in [7, 11) is 0. The largest absolute Gasteiger partial charge is 0.458 e. The highest BCUT2D eigenvalue weighted by atomic mass is 16.6. The lowest BCUT2D eigenvalue weighted by molar-refractivity contribution is -0.142. The van der Waals surface area contributed by atoms with Crippen molar-refractivity contribution in [2.45, 2.75) is 45.6 Å². The number of rotatable bonds is 0. The molecule has 1 saturated heterocycles. The van der Waals surface area contributed by atoms with Crippen LogP contribution in [0.15, 0.2) is 12.2 Å². The molecule has 1 heterocycles. The average Bonchev–Trinajstić information content (AvgIpc) is 2.75. The van der Waals surface area contributed by atoms with Crippen molar-refractivity contribution in [1.29, 1.82) is 0 Å². The van der Waals surface area contributed by atoms with Crippen molar-refractivity contribution >= 4 is 5.97 Å². The predicted octanol–water partition coefficient (Wildman–Crippen LogP) is 3.18. The zero-order chi connectivity index (χ0) is 12.2. The lowest BCUT2D eigenvalue weighted by Crippen LogP contribution is -2.32. The van der Waals surface area contributed by atoms with Gasteiger partial charge in [-0.15, -0.1) is 0 Å². The molecule has 0 aromatic heterocycles. The lowest BCUT2D eigenvalue weighted by Gasteiger charge is -2.30. The van der Waals surface area contributed by atoms with Gasteiger partial charge in [-0.2, -0.15) is 0 Å². The molecule has 0 N–H and O–H groups in total. The Bertz CT molecular complexity index is 360. The molecule has 0 bridgehead atoms. The van der Waals surface area contributed by atoms with E-state index in [0.717, 1.165) is 23.8 Å². The Labute approximate surface area is 103 Å². The second-order valence-electron chi connectivity index (χ2n) is 6.35. The fourth-order valence-electron chi connectivity index (χ4n) is 4.47. The minimum Gasteiger partial charge on any atom is -0.458 e. The zero-order valence-corrected chi connectivity index (χ0v) is 10.8. The quantitative estimate of drug-likeness (QED) is 0.475. The van der Waals surface area contributed by atoms with Crippen molar-refractivity contribution in [2.24, 2.45) is 29.6 Å². The number of carbonyl (C=O) groups excluding carboxylic acids is 1. The van der Waals surface area contributed by atoms with Crippen LogP contribution in [-0.2, 0) is 9.53 Å². The molecule has 0 spiro atoms. The summed E-state index contributed by atoms with van der Waals surface area (Å²) in [6, 6.07) is 0. The minimum atomic E-state index is -0.132. The molecular weight excluding hydrogens is 212 g/mol. The summed E-state index contributed by atoms with van der Waals surface area (Å²) in [6.07, 6.45) is 5.08. The third kappa shape index (κ3) is 1.56. The van der Waals surface area contributed by atoms with Crippen LogP contribution in [0.3, 0.4) is 0 Å². The molecule has 6 atom stereocenters. The van der Waals surface area contributed by atoms with Crippen LogP contribution in [-0.4, -0.2) is 12.1 Å². The molecule has 0 amide bonds. The number of carbonyl (C=O) groups is 1. The van der Waals surface area contributed by atoms with Crippen LogP contribution >= 0.6 is 0 Å². The summed E-state index contributed by atoms with van der Waals surface area (Å²) in [6.45, 7) is 8.66. The molecule has 0 unspecified atom stereocenters. The van der Waals surface area contributed by atoms with E-state index >= 15 is 0 Å². The summed E-state index contributed by atoms with van der Waals surface area (Å²) >= 11 is 0. The van der Waals surface area contributed by atoms with E-state index in [1.54, 1.807) is 0 Å². The third-order valence-electron chi connectivity index (χ3n) is 5.50. The van der Waals surface area contributed by atoms with Crippen molar-refractivity contribution in [3.05, 3.63) is 12.2 Å². The number of fused-ring (bicyclic) bond motifs is 3. The van der Waals surface area contributed by atoms with Gasteiger partial charge in [-0.1, -0.05) is 26.8 Å². The second kappa shape index (κ2) is 3.86. The highest BCUT2D eigenvalue weighted by molar-refractivity contribution is 5.90. The molecule has 2 saturated carbocycles. The van der Waals surface area contributed by atoms with E-state index in [4.69, 9.17) is 4.74 Å². The predicted molar refractivity (Wildman–Crippen MR) is 66.3 cm³/mol. The number of hydrogen-bond donors (Lipinski definition) is 0. The van der Waals surface area contributed by atoms with Gasteiger partial charge in [0.1, 0.15) is 6.10 Å². The van der Waals surface area contributed by atoms with Gasteiger partial charge in [0.2, 0.25) is 0 Å². The van der Waals surface area contributed by atoms with E-state index in [2.05, 4.69) is 20.4 Å². The molecule has 3 rings (SSSR count). The van der Waals surface area contributed by atoms with Crippen molar-refractivity contribution in [3.8, 4) is 0 Å². The maximum atomic E-state index is 11.7. The summed E-state index contributed by atoms with van der Waals surface area (Å²) in [4.78, 5) is 11.7. The van der Waals surface area contributed by atoms with E-state index in [-0.39, 0.29) is 12.1 Å². The summed E-state index contributed by atoms with van der Waals surface area (Å²) in [5.41, 5.74) is 0.738. The van der Waals surface area contributed by atoms with Gasteiger partial charge in [0.05, 0.1) is 0 Å². The van der Waals surface area contributed by atoms with Gasteiger partial charge in [-0.05, 0) is 37.0 Å². The molecule has 2 aliphatic carbocycles. The Morgan fingerprint density at radius 1 is 1.12 bits per heavy atom. The molecule has 2 nitrogen and oxygen atoms in total. The third-order valence-corrected chi connectivity index (χ3v) is 5.50. The Morgan fingerprint density at radius 3 is 2.59 bits per heavy atom. The lowest BCUT2D eigenvalue weighted by atomic mass is 9.78. The fourth-order valence-corrected chi connectivity index (χ4v) is 4.47. The SMILES string of the molecule is C=C1C(=O)O[C@@H]2[C@@H]3[C@H](CC[C@@H]3C)[C@@H](C)CC[C@@H]12. The summed E-state index contributed by atoms with van der Waals surface area (Å²) < 4.78 is 5.65. The van der Waals surface area contributed by atoms with Gasteiger partial charge in [0.25, 0.3) is 0 Å². The number of esters is 1. The van der Waals surface area contributed by atoms with Gasteiger partial charge in [-0.3, -0.25) is 0 Å². The molecule has 0 radical (unpaired) electrons. The highest BCUT2D eigenvalue weighted by Crippen LogP contribution is 2.52. The smallest absolute Gasteiger partial charge is 0.334 e. The molecular formula is C15H22O2. The number of hydrogen-bond acceptors (Lipinski definition) is 2. The van der Waals surface area contributed by atoms with Gasteiger partial charge in [-0.25, -0.2) is 4.79 Å². The Balaban J connectivity index is 1.95. The van der Waals surface area contributed by atoms with Crippen molar-refractivity contribution < 1.29 is 9.53 Å². The van der Waals surface area contributed by atoms with Gasteiger partial charge >= 0.3 is 5.97 Å². The van der Waals surface area contributed by atoms with E-state index in [1.807, 2.05) is 0 Å². The van der Waals surface area contributed by atoms with Crippen LogP contribution in [0.25, 0.3) is 0 Å². The Kier molecular flexibility index (Phi) is 2.57. The molecule has 0 aromatic carbocycles. The van der Waals surface area contributed by atoms with Crippen LogP contribution in [0.2, 0.25) is 0 Å². The van der Waals surface area contributed by atoms with E-state index in [1.165, 1.54) is 19.3 Å².